The maximum atomic E-state index is 13.2. The van der Waals surface area contributed by atoms with Crippen LogP contribution in [0.2, 0.25) is 0 Å². The molecule has 0 radical (unpaired) electrons. The van der Waals surface area contributed by atoms with E-state index < -0.39 is 0 Å². The molecule has 0 N–H and O–H groups in total. The minimum absolute atomic E-state index is 0.160. The lowest BCUT2D eigenvalue weighted by molar-refractivity contribution is -0.149. The lowest BCUT2D eigenvalue weighted by Gasteiger charge is -2.31. The maximum Gasteiger partial charge on any atom is 0.310 e. The van der Waals surface area contributed by atoms with Crippen molar-refractivity contribution in [2.45, 2.75) is 26.4 Å². The number of amides is 1. The lowest BCUT2D eigenvalue weighted by atomic mass is 9.98. The van der Waals surface area contributed by atoms with Crippen LogP contribution < -0.4 is 4.74 Å². The first-order valence-corrected chi connectivity index (χ1v) is 9.73. The second-order valence-corrected chi connectivity index (χ2v) is 7.16. The van der Waals surface area contributed by atoms with Gasteiger partial charge >= 0.3 is 5.97 Å². The molecule has 1 atom stereocenters. The Labute approximate surface area is 160 Å². The highest BCUT2D eigenvalue weighted by Gasteiger charge is 2.30. The van der Waals surface area contributed by atoms with Gasteiger partial charge in [0.05, 0.1) is 12.5 Å². The highest BCUT2D eigenvalue weighted by atomic mass is 32.1. The van der Waals surface area contributed by atoms with Crippen molar-refractivity contribution in [1.29, 1.82) is 0 Å². The van der Waals surface area contributed by atoms with Gasteiger partial charge in [-0.2, -0.15) is 0 Å². The highest BCUT2D eigenvalue weighted by Crippen LogP contribution is 2.21. The Kier molecular flexibility index (Phi) is 6.39. The molecule has 2 heterocycles. The van der Waals surface area contributed by atoms with Crippen LogP contribution in [0.3, 0.4) is 0 Å². The van der Waals surface area contributed by atoms with E-state index in [0.29, 0.717) is 36.1 Å². The van der Waals surface area contributed by atoms with Crippen molar-refractivity contribution in [1.82, 2.24) is 9.88 Å². The summed E-state index contributed by atoms with van der Waals surface area (Å²) >= 11 is 1.31. The Morgan fingerprint density at radius 1 is 1.41 bits per heavy atom. The quantitative estimate of drug-likeness (QED) is 0.706. The third kappa shape index (κ3) is 5.03. The topological polar surface area (TPSA) is 68.7 Å². The monoisotopic (exact) mass is 392 g/mol. The van der Waals surface area contributed by atoms with Gasteiger partial charge < -0.3 is 14.4 Å². The van der Waals surface area contributed by atoms with Crippen LogP contribution in [0.15, 0.2) is 29.6 Å². The van der Waals surface area contributed by atoms with E-state index in [4.69, 9.17) is 9.47 Å². The molecule has 1 aromatic carbocycles. The van der Waals surface area contributed by atoms with Crippen LogP contribution in [0, 0.1) is 11.7 Å². The van der Waals surface area contributed by atoms with E-state index in [-0.39, 0.29) is 30.2 Å². The molecule has 144 valence electrons. The number of carbonyl (C=O) groups excluding carboxylic acids is 2. The smallest absolute Gasteiger partial charge is 0.310 e. The molecule has 6 nitrogen and oxygen atoms in total. The molecule has 1 saturated heterocycles. The van der Waals surface area contributed by atoms with E-state index in [1.54, 1.807) is 29.3 Å². The van der Waals surface area contributed by atoms with Crippen LogP contribution in [0.5, 0.6) is 5.75 Å². The summed E-state index contributed by atoms with van der Waals surface area (Å²) in [5, 5.41) is 2.31. The van der Waals surface area contributed by atoms with Crippen molar-refractivity contribution in [2.75, 3.05) is 19.7 Å². The number of hydrogen-bond donors (Lipinski definition) is 0. The van der Waals surface area contributed by atoms with Gasteiger partial charge in [-0.1, -0.05) is 6.07 Å². The Balaban J connectivity index is 1.58. The number of carbonyl (C=O) groups is 2. The first-order valence-electron chi connectivity index (χ1n) is 8.85. The molecule has 0 bridgehead atoms. The van der Waals surface area contributed by atoms with Gasteiger partial charge in [-0.3, -0.25) is 9.59 Å². The first-order chi connectivity index (χ1) is 13.1. The Morgan fingerprint density at radius 3 is 3.04 bits per heavy atom. The minimum atomic E-state index is -0.372. The van der Waals surface area contributed by atoms with E-state index >= 15 is 0 Å². The number of piperidine rings is 1. The van der Waals surface area contributed by atoms with E-state index in [1.165, 1.54) is 23.5 Å². The molecule has 1 aromatic heterocycles. The lowest BCUT2D eigenvalue weighted by Crippen LogP contribution is -2.43. The molecule has 3 rings (SSSR count). The number of nitrogens with zero attached hydrogens (tertiary/aromatic N) is 2. The number of esters is 1. The van der Waals surface area contributed by atoms with Crippen molar-refractivity contribution in [3.8, 4) is 5.75 Å². The van der Waals surface area contributed by atoms with Gasteiger partial charge in [-0.15, -0.1) is 11.3 Å². The molecule has 8 heteroatoms. The fraction of sp³-hybridized carbons (Fsp3) is 0.421. The molecular formula is C19H21FN2O4S. The van der Waals surface area contributed by atoms with Crippen LogP contribution in [0.4, 0.5) is 4.39 Å². The van der Waals surface area contributed by atoms with Crippen molar-refractivity contribution in [3.05, 3.63) is 46.2 Å². The molecule has 0 spiro atoms. The molecule has 1 amide bonds. The maximum absolute atomic E-state index is 13.2. The van der Waals surface area contributed by atoms with Gasteiger partial charge in [-0.25, -0.2) is 9.37 Å². The molecule has 1 aliphatic heterocycles. The third-order valence-electron chi connectivity index (χ3n) is 4.26. The number of rotatable bonds is 6. The Morgan fingerprint density at radius 2 is 2.26 bits per heavy atom. The molecule has 1 aliphatic rings. The van der Waals surface area contributed by atoms with E-state index in [9.17, 15) is 14.0 Å². The van der Waals surface area contributed by atoms with Crippen LogP contribution >= 0.6 is 11.3 Å². The standard InChI is InChI=1S/C19H21FN2O4S/c1-2-25-19(24)13-5-4-8-22(10-13)18(23)16-12-27-17(21-16)11-26-15-7-3-6-14(20)9-15/h3,6-7,9,12-13H,2,4-5,8,10-11H2,1H3. The summed E-state index contributed by atoms with van der Waals surface area (Å²) in [6.07, 6.45) is 1.49. The average molecular weight is 392 g/mol. The number of benzene rings is 1. The van der Waals surface area contributed by atoms with Gasteiger partial charge in [0.2, 0.25) is 0 Å². The number of halogens is 1. The summed E-state index contributed by atoms with van der Waals surface area (Å²) in [5.41, 5.74) is 0.336. The van der Waals surface area contributed by atoms with Gasteiger partial charge in [0.1, 0.15) is 28.9 Å². The fourth-order valence-electron chi connectivity index (χ4n) is 2.95. The average Bonchev–Trinajstić information content (AvgIpc) is 3.15. The van der Waals surface area contributed by atoms with E-state index in [2.05, 4.69) is 4.98 Å². The van der Waals surface area contributed by atoms with Crippen molar-refractivity contribution in [2.24, 2.45) is 5.92 Å². The normalized spacial score (nSPS) is 16.8. The van der Waals surface area contributed by atoms with Gasteiger partial charge in [0.25, 0.3) is 5.91 Å². The number of aromatic nitrogens is 1. The van der Waals surface area contributed by atoms with Crippen molar-refractivity contribution in [3.63, 3.8) is 0 Å². The molecule has 1 unspecified atom stereocenters. The Hall–Kier alpha value is -2.48. The molecule has 1 fully saturated rings. The molecule has 27 heavy (non-hydrogen) atoms. The predicted octanol–water partition coefficient (Wildman–Crippen LogP) is 3.28. The molecule has 2 aromatic rings. The number of thiazole rings is 1. The van der Waals surface area contributed by atoms with Crippen molar-refractivity contribution < 1.29 is 23.5 Å². The first kappa shape index (κ1) is 19.3. The second-order valence-electron chi connectivity index (χ2n) is 6.21. The van der Waals surface area contributed by atoms with Crippen LogP contribution in [0.1, 0.15) is 35.3 Å². The summed E-state index contributed by atoms with van der Waals surface area (Å²) < 4.78 is 23.7. The summed E-state index contributed by atoms with van der Waals surface area (Å²) in [6.45, 7) is 3.22. The van der Waals surface area contributed by atoms with Crippen molar-refractivity contribution >= 4 is 23.2 Å². The zero-order valence-corrected chi connectivity index (χ0v) is 15.8. The largest absolute Gasteiger partial charge is 0.486 e. The number of ether oxygens (including phenoxy) is 2. The minimum Gasteiger partial charge on any atom is -0.486 e. The van der Waals surface area contributed by atoms with Gasteiger partial charge in [0.15, 0.2) is 0 Å². The highest BCUT2D eigenvalue weighted by molar-refractivity contribution is 7.09. The van der Waals surface area contributed by atoms with Crippen LogP contribution in [-0.2, 0) is 16.1 Å². The molecule has 0 aliphatic carbocycles. The van der Waals surface area contributed by atoms with Gasteiger partial charge in [0, 0.05) is 24.5 Å². The predicted molar refractivity (Wildman–Crippen MR) is 98.1 cm³/mol. The zero-order valence-electron chi connectivity index (χ0n) is 15.0. The number of likely N-dealkylation sites (tertiary alicyclic amines) is 1. The van der Waals surface area contributed by atoms with Crippen LogP contribution in [0.25, 0.3) is 0 Å². The number of hydrogen-bond acceptors (Lipinski definition) is 6. The van der Waals surface area contributed by atoms with Gasteiger partial charge in [-0.05, 0) is 31.9 Å². The van der Waals surface area contributed by atoms with Crippen LogP contribution in [-0.4, -0.2) is 41.5 Å². The fourth-order valence-corrected chi connectivity index (χ4v) is 3.63. The molecular weight excluding hydrogens is 371 g/mol. The summed E-state index contributed by atoms with van der Waals surface area (Å²) in [5.74, 6) is -0.693. The Bertz CT molecular complexity index is 811. The second kappa shape index (κ2) is 8.94. The third-order valence-corrected chi connectivity index (χ3v) is 5.08. The van der Waals surface area contributed by atoms with E-state index in [0.717, 1.165) is 12.8 Å². The zero-order chi connectivity index (χ0) is 19.2. The SMILES string of the molecule is CCOC(=O)C1CCCN(C(=O)c2csc(COc3cccc(F)c3)n2)C1. The summed E-state index contributed by atoms with van der Waals surface area (Å²) in [6, 6.07) is 5.86. The molecule has 0 saturated carbocycles. The summed E-state index contributed by atoms with van der Waals surface area (Å²) in [7, 11) is 0. The summed E-state index contributed by atoms with van der Waals surface area (Å²) in [4.78, 5) is 30.6. The van der Waals surface area contributed by atoms with E-state index in [1.807, 2.05) is 0 Å².